The molecule has 4 aromatic rings. The highest BCUT2D eigenvalue weighted by atomic mass is 32.1. The summed E-state index contributed by atoms with van der Waals surface area (Å²) in [5, 5.41) is 18.7. The molecule has 2 aromatic heterocycles. The van der Waals surface area contributed by atoms with Crippen LogP contribution >= 0.6 is 11.3 Å². The van der Waals surface area contributed by atoms with Crippen LogP contribution < -0.4 is 20.7 Å². The Balaban J connectivity index is 0.000000616. The number of carboxylic acids is 1. The van der Waals surface area contributed by atoms with Crippen LogP contribution in [0.5, 0.6) is 5.75 Å². The minimum atomic E-state index is -5.08. The number of carbonyl (C=O) groups excluding carboxylic acids is 1. The summed E-state index contributed by atoms with van der Waals surface area (Å²) in [6, 6.07) is 23.2. The van der Waals surface area contributed by atoms with Gasteiger partial charge in [0, 0.05) is 24.0 Å². The molecule has 2 aromatic carbocycles. The second-order valence-corrected chi connectivity index (χ2v) is 9.77. The number of anilines is 2. The summed E-state index contributed by atoms with van der Waals surface area (Å²) < 4.78 is 37.2. The van der Waals surface area contributed by atoms with Gasteiger partial charge in [0.1, 0.15) is 17.6 Å². The quantitative estimate of drug-likeness (QED) is 0.175. The third kappa shape index (κ3) is 10.7. The van der Waals surface area contributed by atoms with Crippen molar-refractivity contribution < 1.29 is 32.6 Å². The highest BCUT2D eigenvalue weighted by Gasteiger charge is 2.38. The van der Waals surface area contributed by atoms with Crippen LogP contribution in [-0.2, 0) is 29.0 Å². The number of amides is 1. The summed E-state index contributed by atoms with van der Waals surface area (Å²) in [5.74, 6) is -0.878. The van der Waals surface area contributed by atoms with Gasteiger partial charge in [-0.15, -0.1) is 11.3 Å². The van der Waals surface area contributed by atoms with Crippen LogP contribution in [0.1, 0.15) is 16.0 Å². The predicted octanol–water partition coefficient (Wildman–Crippen LogP) is 5.17. The summed E-state index contributed by atoms with van der Waals surface area (Å²) in [7, 11) is 1.67. The Kier molecular flexibility index (Phi) is 12.1. The van der Waals surface area contributed by atoms with Gasteiger partial charge in [-0.3, -0.25) is 4.79 Å². The van der Waals surface area contributed by atoms with E-state index in [0.717, 1.165) is 28.2 Å². The molecule has 0 unspecified atom stereocenters. The fourth-order valence-corrected chi connectivity index (χ4v) is 4.34. The second kappa shape index (κ2) is 16.0. The zero-order valence-electron chi connectivity index (χ0n) is 22.6. The number of methoxy groups -OCH3 is 1. The molecule has 9 nitrogen and oxygen atoms in total. The van der Waals surface area contributed by atoms with E-state index < -0.39 is 18.2 Å². The minimum Gasteiger partial charge on any atom is -0.496 e. The van der Waals surface area contributed by atoms with Crippen molar-refractivity contribution >= 4 is 35.0 Å². The van der Waals surface area contributed by atoms with Crippen LogP contribution in [0.15, 0.2) is 84.4 Å². The molecule has 0 aliphatic carbocycles. The van der Waals surface area contributed by atoms with Crippen molar-refractivity contribution in [3.05, 3.63) is 100 Å². The first-order valence-electron chi connectivity index (χ1n) is 12.7. The number of benzene rings is 2. The van der Waals surface area contributed by atoms with Crippen LogP contribution in [0.2, 0.25) is 0 Å². The molecule has 2 heterocycles. The van der Waals surface area contributed by atoms with Gasteiger partial charge in [-0.2, -0.15) is 18.2 Å². The van der Waals surface area contributed by atoms with E-state index >= 15 is 0 Å². The summed E-state index contributed by atoms with van der Waals surface area (Å²) in [6.07, 6.45) is -2.09. The van der Waals surface area contributed by atoms with Crippen molar-refractivity contribution in [1.29, 1.82) is 0 Å². The van der Waals surface area contributed by atoms with Crippen LogP contribution in [0.25, 0.3) is 0 Å². The van der Waals surface area contributed by atoms with Crippen molar-refractivity contribution in [3.63, 3.8) is 0 Å². The molecule has 0 saturated carbocycles. The molecule has 0 aliphatic rings. The summed E-state index contributed by atoms with van der Waals surface area (Å²) in [4.78, 5) is 32.0. The van der Waals surface area contributed by atoms with Gasteiger partial charge in [-0.05, 0) is 41.1 Å². The number of rotatable bonds is 12. The number of hydrogen-bond donors (Lipinski definition) is 4. The highest BCUT2D eigenvalue weighted by Crippen LogP contribution is 2.18. The maximum Gasteiger partial charge on any atom is 0.490 e. The first-order valence-corrected chi connectivity index (χ1v) is 13.6. The van der Waals surface area contributed by atoms with Gasteiger partial charge in [0.15, 0.2) is 0 Å². The summed E-state index contributed by atoms with van der Waals surface area (Å²) in [6.45, 7) is 1.15. The number of thiophene rings is 1. The monoisotopic (exact) mass is 601 g/mol. The van der Waals surface area contributed by atoms with E-state index in [9.17, 15) is 18.0 Å². The molecule has 1 amide bonds. The summed E-state index contributed by atoms with van der Waals surface area (Å²) in [5.41, 5.74) is 2.18. The molecule has 222 valence electrons. The predicted molar refractivity (Wildman–Crippen MR) is 155 cm³/mol. The Hall–Kier alpha value is -4.65. The van der Waals surface area contributed by atoms with Gasteiger partial charge in [-0.1, -0.05) is 54.6 Å². The zero-order valence-corrected chi connectivity index (χ0v) is 23.4. The molecule has 4 N–H and O–H groups in total. The van der Waals surface area contributed by atoms with E-state index in [1.807, 2.05) is 72.1 Å². The number of hydrogen-bond acceptors (Lipinski definition) is 8. The molecule has 1 atom stereocenters. The van der Waals surface area contributed by atoms with Gasteiger partial charge < -0.3 is 25.8 Å². The van der Waals surface area contributed by atoms with E-state index in [1.54, 1.807) is 30.7 Å². The maximum atomic E-state index is 13.1. The number of carbonyl (C=O) groups is 2. The number of ether oxygens (including phenoxy) is 1. The smallest absolute Gasteiger partial charge is 0.490 e. The number of alkyl halides is 3. The first-order chi connectivity index (χ1) is 20.2. The first kappa shape index (κ1) is 31.9. The lowest BCUT2D eigenvalue weighted by molar-refractivity contribution is -0.192. The third-order valence-corrected chi connectivity index (χ3v) is 6.58. The lowest BCUT2D eigenvalue weighted by atomic mass is 10.1. The zero-order chi connectivity index (χ0) is 30.4. The number of aliphatic carboxylic acids is 1. The van der Waals surface area contributed by atoms with Gasteiger partial charge >= 0.3 is 12.1 Å². The van der Waals surface area contributed by atoms with Crippen LogP contribution in [0, 0.1) is 0 Å². The van der Waals surface area contributed by atoms with Crippen LogP contribution in [0.3, 0.4) is 0 Å². The second-order valence-electron chi connectivity index (χ2n) is 8.74. The van der Waals surface area contributed by atoms with Crippen molar-refractivity contribution in [2.75, 3.05) is 24.3 Å². The fraction of sp³-hybridized carbons (Fsp3) is 0.241. The number of para-hydroxylation sites is 1. The number of carboxylic acid groups (broad SMARTS) is 1. The molecule has 0 spiro atoms. The number of halogens is 3. The van der Waals surface area contributed by atoms with Crippen molar-refractivity contribution in [3.8, 4) is 5.75 Å². The fourth-order valence-electron chi connectivity index (χ4n) is 3.69. The summed E-state index contributed by atoms with van der Waals surface area (Å²) >= 11 is 1.62. The van der Waals surface area contributed by atoms with Gasteiger partial charge in [-0.25, -0.2) is 9.78 Å². The van der Waals surface area contributed by atoms with E-state index in [-0.39, 0.29) is 5.91 Å². The molecule has 0 fully saturated rings. The number of nitrogens with one attached hydrogen (secondary N) is 3. The van der Waals surface area contributed by atoms with Gasteiger partial charge in [0.25, 0.3) is 0 Å². The topological polar surface area (TPSA) is 125 Å². The molecule has 0 aliphatic heterocycles. The SMILES string of the molecule is COc1ccccc1CCNc1nccc(N[C@@H](Cc2ccccc2)C(=O)NCc2cccs2)n1.O=C(O)C(F)(F)F. The lowest BCUT2D eigenvalue weighted by Gasteiger charge is -2.19. The van der Waals surface area contributed by atoms with Crippen LogP contribution in [0.4, 0.5) is 24.9 Å². The van der Waals surface area contributed by atoms with Crippen molar-refractivity contribution in [2.45, 2.75) is 31.6 Å². The van der Waals surface area contributed by atoms with E-state index in [1.165, 1.54) is 0 Å². The molecule has 0 bridgehead atoms. The molecule has 42 heavy (non-hydrogen) atoms. The Bertz CT molecular complexity index is 1410. The number of nitrogens with zero attached hydrogens (tertiary/aromatic N) is 2. The van der Waals surface area contributed by atoms with E-state index in [0.29, 0.717) is 31.3 Å². The van der Waals surface area contributed by atoms with E-state index in [2.05, 4.69) is 25.9 Å². The van der Waals surface area contributed by atoms with Crippen molar-refractivity contribution in [1.82, 2.24) is 15.3 Å². The molecule has 4 rings (SSSR count). The molecule has 0 saturated heterocycles. The molecular formula is C29H30F3N5O4S. The number of aromatic nitrogens is 2. The average Bonchev–Trinajstić information content (AvgIpc) is 3.50. The van der Waals surface area contributed by atoms with Gasteiger partial charge in [0.05, 0.1) is 13.7 Å². The Morgan fingerprint density at radius 1 is 1.02 bits per heavy atom. The van der Waals surface area contributed by atoms with Crippen molar-refractivity contribution in [2.24, 2.45) is 0 Å². The molecule has 0 radical (unpaired) electrons. The Morgan fingerprint density at radius 2 is 1.74 bits per heavy atom. The standard InChI is InChI=1S/C27H29N5O2S.C2HF3O2/c1-34-24-12-6-5-10-21(24)13-15-28-27-29-16-14-25(32-27)31-23(18-20-8-3-2-4-9-20)26(33)30-19-22-11-7-17-35-22;3-2(4,5)1(6)7/h2-12,14,16-17,23H,13,15,18-19H2,1H3,(H,30,33)(H2,28,29,31,32);(H,6,7)/t23-;/m0./s1. The maximum absolute atomic E-state index is 13.1. The Morgan fingerprint density at radius 3 is 2.40 bits per heavy atom. The van der Waals surface area contributed by atoms with E-state index in [4.69, 9.17) is 14.6 Å². The molecular weight excluding hydrogens is 571 g/mol. The lowest BCUT2D eigenvalue weighted by Crippen LogP contribution is -2.41. The normalized spacial score (nSPS) is 11.4. The third-order valence-electron chi connectivity index (χ3n) is 5.71. The minimum absolute atomic E-state index is 0.0773. The Labute approximate surface area is 244 Å². The van der Waals surface area contributed by atoms with Crippen LogP contribution in [-0.4, -0.2) is 52.8 Å². The average molecular weight is 602 g/mol. The van der Waals surface area contributed by atoms with Gasteiger partial charge in [0.2, 0.25) is 11.9 Å². The largest absolute Gasteiger partial charge is 0.496 e. The highest BCUT2D eigenvalue weighted by molar-refractivity contribution is 7.09. The molecule has 13 heteroatoms.